The van der Waals surface area contributed by atoms with Gasteiger partial charge in [0.25, 0.3) is 18.2 Å². The average Bonchev–Trinajstić information content (AvgIpc) is 3.73. The SMILES string of the molecule is Cc1csc([C@H]2CCCN2C(=O)c2cc(C(=O)N[C@@H](Cc3ccccc3)[C@@H](O)CNCc3cncc(C(C)(C)F)c3)cc(C(F)F)c2)n1. The molecule has 3 N–H and O–H groups in total. The molecular weight excluding hydrogens is 639 g/mol. The fraction of sp³-hybridized carbons (Fsp3) is 0.389. The van der Waals surface area contributed by atoms with Gasteiger partial charge in [-0.05, 0) is 75.4 Å². The number of aromatic nitrogens is 2. The number of nitrogens with one attached hydrogen (secondary N) is 2. The highest BCUT2D eigenvalue weighted by Gasteiger charge is 2.33. The highest BCUT2D eigenvalue weighted by Crippen LogP contribution is 2.35. The lowest BCUT2D eigenvalue weighted by atomic mass is 9.99. The summed E-state index contributed by atoms with van der Waals surface area (Å²) in [5, 5.41) is 19.9. The van der Waals surface area contributed by atoms with Crippen LogP contribution in [0.25, 0.3) is 0 Å². The van der Waals surface area contributed by atoms with Crippen molar-refractivity contribution in [3.05, 3.63) is 116 Å². The number of aryl methyl sites for hydroxylation is 1. The molecule has 0 saturated carbocycles. The molecule has 254 valence electrons. The van der Waals surface area contributed by atoms with Gasteiger partial charge in [-0.2, -0.15) is 0 Å². The summed E-state index contributed by atoms with van der Waals surface area (Å²) in [5.41, 5.74) is 0.733. The molecule has 0 bridgehead atoms. The van der Waals surface area contributed by atoms with Crippen LogP contribution in [0.2, 0.25) is 0 Å². The maximum atomic E-state index is 14.4. The first-order valence-electron chi connectivity index (χ1n) is 15.9. The fourth-order valence-corrected chi connectivity index (χ4v) is 6.75. The van der Waals surface area contributed by atoms with Gasteiger partial charge in [0.15, 0.2) is 0 Å². The van der Waals surface area contributed by atoms with E-state index in [2.05, 4.69) is 20.6 Å². The number of hydrogen-bond donors (Lipinski definition) is 3. The monoisotopic (exact) mass is 679 g/mol. The maximum absolute atomic E-state index is 14.4. The predicted octanol–water partition coefficient (Wildman–Crippen LogP) is 6.46. The first kappa shape index (κ1) is 35.2. The van der Waals surface area contributed by atoms with Gasteiger partial charge in [0, 0.05) is 65.4 Å². The van der Waals surface area contributed by atoms with E-state index in [1.807, 2.05) is 42.6 Å². The number of likely N-dealkylation sites (tertiary alicyclic amines) is 1. The molecule has 1 aliphatic rings. The minimum absolute atomic E-state index is 0.00718. The third-order valence-electron chi connectivity index (χ3n) is 8.40. The molecule has 0 aliphatic carbocycles. The van der Waals surface area contributed by atoms with Gasteiger partial charge in [0.1, 0.15) is 10.7 Å². The molecule has 0 spiro atoms. The second kappa shape index (κ2) is 15.4. The van der Waals surface area contributed by atoms with Gasteiger partial charge in [-0.1, -0.05) is 30.3 Å². The van der Waals surface area contributed by atoms with Crippen molar-refractivity contribution in [2.45, 2.75) is 76.9 Å². The summed E-state index contributed by atoms with van der Waals surface area (Å²) in [6.07, 6.45) is 0.793. The van der Waals surface area contributed by atoms with Crippen LogP contribution in [0, 0.1) is 6.92 Å². The first-order valence-corrected chi connectivity index (χ1v) is 16.8. The van der Waals surface area contributed by atoms with Gasteiger partial charge in [0.2, 0.25) is 0 Å². The smallest absolute Gasteiger partial charge is 0.263 e. The Morgan fingerprint density at radius 1 is 1.08 bits per heavy atom. The molecule has 0 radical (unpaired) electrons. The molecule has 8 nitrogen and oxygen atoms in total. The zero-order valence-electron chi connectivity index (χ0n) is 27.1. The van der Waals surface area contributed by atoms with Gasteiger partial charge in [-0.25, -0.2) is 18.2 Å². The van der Waals surface area contributed by atoms with Crippen LogP contribution in [0.3, 0.4) is 0 Å². The van der Waals surface area contributed by atoms with Crippen LogP contribution < -0.4 is 10.6 Å². The molecule has 1 saturated heterocycles. The van der Waals surface area contributed by atoms with Crippen LogP contribution in [0.15, 0.2) is 72.4 Å². The number of hydrogen-bond acceptors (Lipinski definition) is 7. The molecule has 3 heterocycles. The van der Waals surface area contributed by atoms with Crippen molar-refractivity contribution in [3.63, 3.8) is 0 Å². The lowest BCUT2D eigenvalue weighted by Crippen LogP contribution is -2.48. The molecule has 48 heavy (non-hydrogen) atoms. The van der Waals surface area contributed by atoms with Gasteiger partial charge >= 0.3 is 0 Å². The largest absolute Gasteiger partial charge is 0.390 e. The second-order valence-electron chi connectivity index (χ2n) is 12.7. The molecule has 4 aromatic rings. The Balaban J connectivity index is 1.34. The Bertz CT molecular complexity index is 1710. The number of amides is 2. The molecule has 1 fully saturated rings. The van der Waals surface area contributed by atoms with Crippen molar-refractivity contribution in [2.24, 2.45) is 0 Å². The highest BCUT2D eigenvalue weighted by atomic mass is 32.1. The number of aliphatic hydroxyl groups excluding tert-OH is 1. The summed E-state index contributed by atoms with van der Waals surface area (Å²) in [6.45, 7) is 5.58. The molecule has 3 atom stereocenters. The van der Waals surface area contributed by atoms with Gasteiger partial charge in [0.05, 0.1) is 18.2 Å². The molecule has 0 unspecified atom stereocenters. The Morgan fingerprint density at radius 2 is 1.83 bits per heavy atom. The van der Waals surface area contributed by atoms with Crippen molar-refractivity contribution >= 4 is 23.2 Å². The number of rotatable bonds is 13. The van der Waals surface area contributed by atoms with Gasteiger partial charge in [-0.3, -0.25) is 14.6 Å². The number of thiazole rings is 1. The summed E-state index contributed by atoms with van der Waals surface area (Å²) in [4.78, 5) is 37.7. The summed E-state index contributed by atoms with van der Waals surface area (Å²) >= 11 is 1.46. The highest BCUT2D eigenvalue weighted by molar-refractivity contribution is 7.09. The van der Waals surface area contributed by atoms with Crippen molar-refractivity contribution < 1.29 is 27.9 Å². The number of carbonyl (C=O) groups excluding carboxylic acids is 2. The minimum atomic E-state index is -2.91. The standard InChI is InChI=1S/C36H40F3N5O3S/c1-22-21-48-34(42-22)30-10-7-11-44(30)35(47)27-15-25(32(37)38)14-26(16-27)33(46)43-29(13-23-8-5-4-6-9-23)31(45)20-41-18-24-12-28(19-40-17-24)36(2,3)39/h4-6,8-9,12,14-17,19,21,29-32,41,45H,7,10-11,13,18,20H2,1-3H3,(H,43,46)/t29-,30+,31-/m0/s1. The topological polar surface area (TPSA) is 107 Å². The van der Waals surface area contributed by atoms with E-state index in [1.54, 1.807) is 17.2 Å². The lowest BCUT2D eigenvalue weighted by Gasteiger charge is -2.26. The van der Waals surface area contributed by atoms with Crippen LogP contribution >= 0.6 is 11.3 Å². The van der Waals surface area contributed by atoms with Crippen molar-refractivity contribution in [2.75, 3.05) is 13.1 Å². The Labute approximate surface area is 282 Å². The first-order chi connectivity index (χ1) is 22.9. The quantitative estimate of drug-likeness (QED) is 0.150. The molecule has 5 rings (SSSR count). The number of alkyl halides is 3. The zero-order valence-corrected chi connectivity index (χ0v) is 27.9. The molecule has 2 amide bonds. The van der Waals surface area contributed by atoms with Crippen LogP contribution in [-0.2, 0) is 18.6 Å². The Morgan fingerprint density at radius 3 is 2.52 bits per heavy atom. The minimum Gasteiger partial charge on any atom is -0.390 e. The summed E-state index contributed by atoms with van der Waals surface area (Å²) in [5.74, 6) is -1.14. The summed E-state index contributed by atoms with van der Waals surface area (Å²) in [6, 6.07) is 13.4. The Hall–Kier alpha value is -4.13. The van der Waals surface area contributed by atoms with E-state index >= 15 is 0 Å². The van der Waals surface area contributed by atoms with E-state index in [-0.39, 0.29) is 30.1 Å². The maximum Gasteiger partial charge on any atom is 0.263 e. The number of benzene rings is 2. The van der Waals surface area contributed by atoms with Gasteiger partial charge in [-0.15, -0.1) is 11.3 Å². The number of nitrogens with zero attached hydrogens (tertiary/aromatic N) is 3. The van der Waals surface area contributed by atoms with Crippen LogP contribution in [0.1, 0.15) is 92.8 Å². The summed E-state index contributed by atoms with van der Waals surface area (Å²) < 4.78 is 42.6. The van der Waals surface area contributed by atoms with Gasteiger partial charge < -0.3 is 20.6 Å². The Kier molecular flexibility index (Phi) is 11.3. The predicted molar refractivity (Wildman–Crippen MR) is 179 cm³/mol. The lowest BCUT2D eigenvalue weighted by molar-refractivity contribution is 0.0734. The molecular formula is C36H40F3N5O3S. The number of carbonyl (C=O) groups is 2. The molecule has 12 heteroatoms. The van der Waals surface area contributed by atoms with Crippen LogP contribution in [0.5, 0.6) is 0 Å². The van der Waals surface area contributed by atoms with E-state index in [4.69, 9.17) is 0 Å². The van der Waals surface area contributed by atoms with Crippen molar-refractivity contribution in [1.82, 2.24) is 25.5 Å². The molecule has 1 aliphatic heterocycles. The number of pyridine rings is 1. The van der Waals surface area contributed by atoms with Crippen molar-refractivity contribution in [3.8, 4) is 0 Å². The van der Waals surface area contributed by atoms with Crippen LogP contribution in [-0.4, -0.2) is 57.0 Å². The van der Waals surface area contributed by atoms with E-state index in [0.717, 1.165) is 40.4 Å². The van der Waals surface area contributed by atoms with Crippen molar-refractivity contribution in [1.29, 1.82) is 0 Å². The third-order valence-corrected chi connectivity index (χ3v) is 9.46. The molecule has 2 aromatic heterocycles. The third kappa shape index (κ3) is 8.86. The van der Waals surface area contributed by atoms with E-state index in [1.165, 1.54) is 37.4 Å². The van der Waals surface area contributed by atoms with E-state index < -0.39 is 41.6 Å². The average molecular weight is 680 g/mol. The molecule has 2 aromatic carbocycles. The zero-order chi connectivity index (χ0) is 34.4. The van der Waals surface area contributed by atoms with E-state index in [9.17, 15) is 27.9 Å². The second-order valence-corrected chi connectivity index (χ2v) is 13.5. The number of halogens is 3. The van der Waals surface area contributed by atoms with Crippen LogP contribution in [0.4, 0.5) is 13.2 Å². The van der Waals surface area contributed by atoms with E-state index in [0.29, 0.717) is 25.1 Å². The number of aliphatic hydroxyl groups is 1. The summed E-state index contributed by atoms with van der Waals surface area (Å²) in [7, 11) is 0. The normalized spacial score (nSPS) is 16.2. The fourth-order valence-electron chi connectivity index (χ4n) is 5.81.